The maximum Gasteiger partial charge on any atom is 0.330 e. The molecule has 1 aliphatic rings. The fourth-order valence-electron chi connectivity index (χ4n) is 3.60. The molecule has 6 nitrogen and oxygen atoms in total. The molecule has 1 unspecified atom stereocenters. The molecular weight excluding hydrogens is 318 g/mol. The zero-order chi connectivity index (χ0) is 18.0. The van der Waals surface area contributed by atoms with Gasteiger partial charge in [-0.25, -0.2) is 4.79 Å². The fraction of sp³-hybridized carbons (Fsp3) is 0.421. The Hall–Kier alpha value is -2.63. The van der Waals surface area contributed by atoms with E-state index in [9.17, 15) is 14.7 Å². The Morgan fingerprint density at radius 3 is 2.44 bits per heavy atom. The van der Waals surface area contributed by atoms with Gasteiger partial charge >= 0.3 is 5.97 Å². The average molecular weight is 341 g/mol. The predicted molar refractivity (Wildman–Crippen MR) is 93.5 cm³/mol. The average Bonchev–Trinajstić information content (AvgIpc) is 3.21. The lowest BCUT2D eigenvalue weighted by Gasteiger charge is -2.18. The van der Waals surface area contributed by atoms with Crippen molar-refractivity contribution in [2.24, 2.45) is 0 Å². The first-order valence-electron chi connectivity index (χ1n) is 8.61. The van der Waals surface area contributed by atoms with Gasteiger partial charge in [0.15, 0.2) is 6.04 Å². The van der Waals surface area contributed by atoms with E-state index in [2.05, 4.69) is 10.4 Å². The second-order valence-corrected chi connectivity index (χ2v) is 6.77. The Kier molecular flexibility index (Phi) is 4.88. The Balaban J connectivity index is 1.84. The van der Waals surface area contributed by atoms with Crippen LogP contribution < -0.4 is 5.32 Å². The summed E-state index contributed by atoms with van der Waals surface area (Å²) in [6, 6.07) is 6.34. The number of nitrogens with one attached hydrogen (secondary N) is 1. The lowest BCUT2D eigenvalue weighted by molar-refractivity contribution is -0.139. The third kappa shape index (κ3) is 3.73. The predicted octanol–water partition coefficient (Wildman–Crippen LogP) is 3.17. The minimum Gasteiger partial charge on any atom is -0.479 e. The standard InChI is InChI=1S/C19H23N3O3/c1-12-9-13(2)11-14(10-12)17(19(24)25)21-18(23)16-7-8-20-22(16)15-5-3-4-6-15/h7-11,15,17H,3-6H2,1-2H3,(H,21,23)(H,24,25). The summed E-state index contributed by atoms with van der Waals surface area (Å²) in [5, 5.41) is 16.5. The van der Waals surface area contributed by atoms with E-state index in [4.69, 9.17) is 0 Å². The molecule has 0 aliphatic heterocycles. The number of carboxylic acids is 1. The van der Waals surface area contributed by atoms with Crippen LogP contribution in [0.25, 0.3) is 0 Å². The van der Waals surface area contributed by atoms with Gasteiger partial charge in [-0.05, 0) is 38.3 Å². The number of carbonyl (C=O) groups excluding carboxylic acids is 1. The van der Waals surface area contributed by atoms with Crippen molar-refractivity contribution >= 4 is 11.9 Å². The Bertz CT molecular complexity index is 771. The summed E-state index contributed by atoms with van der Waals surface area (Å²) < 4.78 is 1.74. The third-order valence-corrected chi connectivity index (χ3v) is 4.67. The summed E-state index contributed by atoms with van der Waals surface area (Å²) in [5.74, 6) is -1.48. The second-order valence-electron chi connectivity index (χ2n) is 6.77. The highest BCUT2D eigenvalue weighted by molar-refractivity contribution is 5.95. The van der Waals surface area contributed by atoms with Crippen LogP contribution in [0.3, 0.4) is 0 Å². The molecule has 1 amide bonds. The second kappa shape index (κ2) is 7.09. The van der Waals surface area contributed by atoms with Crippen molar-refractivity contribution in [1.29, 1.82) is 0 Å². The van der Waals surface area contributed by atoms with Crippen LogP contribution in [-0.4, -0.2) is 26.8 Å². The number of hydrogen-bond donors (Lipinski definition) is 2. The van der Waals surface area contributed by atoms with Gasteiger partial charge in [-0.2, -0.15) is 5.10 Å². The van der Waals surface area contributed by atoms with E-state index in [0.717, 1.165) is 36.8 Å². The van der Waals surface area contributed by atoms with Crippen molar-refractivity contribution in [2.75, 3.05) is 0 Å². The molecule has 1 aromatic heterocycles. The molecule has 132 valence electrons. The summed E-state index contributed by atoms with van der Waals surface area (Å²) in [4.78, 5) is 24.4. The first-order chi connectivity index (χ1) is 12.0. The number of carboxylic acid groups (broad SMARTS) is 1. The molecule has 1 aromatic carbocycles. The van der Waals surface area contributed by atoms with E-state index < -0.39 is 17.9 Å². The lowest BCUT2D eigenvalue weighted by atomic mass is 10.0. The highest BCUT2D eigenvalue weighted by atomic mass is 16.4. The van der Waals surface area contributed by atoms with Crippen molar-refractivity contribution in [2.45, 2.75) is 51.6 Å². The molecule has 0 radical (unpaired) electrons. The van der Waals surface area contributed by atoms with Gasteiger partial charge in [0.2, 0.25) is 0 Å². The van der Waals surface area contributed by atoms with E-state index in [0.29, 0.717) is 11.3 Å². The first-order valence-corrected chi connectivity index (χ1v) is 8.61. The molecule has 1 heterocycles. The van der Waals surface area contributed by atoms with E-state index in [-0.39, 0.29) is 6.04 Å². The van der Waals surface area contributed by atoms with Gasteiger partial charge in [0, 0.05) is 6.20 Å². The van der Waals surface area contributed by atoms with Crippen LogP contribution in [0.2, 0.25) is 0 Å². The number of aromatic nitrogens is 2. The first kappa shape index (κ1) is 17.2. The van der Waals surface area contributed by atoms with E-state index in [1.807, 2.05) is 19.9 Å². The maximum absolute atomic E-state index is 12.7. The molecule has 1 aliphatic carbocycles. The maximum atomic E-state index is 12.7. The van der Waals surface area contributed by atoms with Gasteiger partial charge in [0.05, 0.1) is 6.04 Å². The van der Waals surface area contributed by atoms with E-state index >= 15 is 0 Å². The van der Waals surface area contributed by atoms with Crippen LogP contribution in [0.5, 0.6) is 0 Å². The van der Waals surface area contributed by atoms with Crippen molar-refractivity contribution in [3.63, 3.8) is 0 Å². The van der Waals surface area contributed by atoms with Crippen molar-refractivity contribution in [1.82, 2.24) is 15.1 Å². The number of aliphatic carboxylic acids is 1. The van der Waals surface area contributed by atoms with Crippen molar-refractivity contribution in [3.05, 3.63) is 52.8 Å². The number of nitrogens with zero attached hydrogens (tertiary/aromatic N) is 2. The summed E-state index contributed by atoms with van der Waals surface area (Å²) in [5.41, 5.74) is 2.92. The SMILES string of the molecule is Cc1cc(C)cc(C(NC(=O)c2ccnn2C2CCCC2)C(=O)O)c1. The number of amides is 1. The van der Waals surface area contributed by atoms with Gasteiger partial charge in [0.1, 0.15) is 5.69 Å². The Morgan fingerprint density at radius 2 is 1.84 bits per heavy atom. The van der Waals surface area contributed by atoms with Crippen LogP contribution in [0, 0.1) is 13.8 Å². The summed E-state index contributed by atoms with van der Waals surface area (Å²) in [6.07, 6.45) is 5.86. The zero-order valence-electron chi connectivity index (χ0n) is 14.5. The topological polar surface area (TPSA) is 84.2 Å². The molecule has 2 N–H and O–H groups in total. The Labute approximate surface area is 146 Å². The van der Waals surface area contributed by atoms with Gasteiger partial charge in [0.25, 0.3) is 5.91 Å². The molecule has 1 atom stereocenters. The molecule has 3 rings (SSSR count). The highest BCUT2D eigenvalue weighted by Gasteiger charge is 2.27. The molecule has 1 fully saturated rings. The number of aryl methyl sites for hydroxylation is 2. The molecule has 25 heavy (non-hydrogen) atoms. The van der Waals surface area contributed by atoms with Crippen LogP contribution in [0.15, 0.2) is 30.5 Å². The highest BCUT2D eigenvalue weighted by Crippen LogP contribution is 2.30. The smallest absolute Gasteiger partial charge is 0.330 e. The minimum atomic E-state index is -1.09. The number of rotatable bonds is 5. The molecule has 0 bridgehead atoms. The van der Waals surface area contributed by atoms with Crippen LogP contribution in [0.1, 0.15) is 64.9 Å². The fourth-order valence-corrected chi connectivity index (χ4v) is 3.60. The summed E-state index contributed by atoms with van der Waals surface area (Å²) in [7, 11) is 0. The van der Waals surface area contributed by atoms with Gasteiger partial charge in [-0.3, -0.25) is 9.48 Å². The quantitative estimate of drug-likeness (QED) is 0.875. The van der Waals surface area contributed by atoms with Crippen LogP contribution in [0.4, 0.5) is 0 Å². The van der Waals surface area contributed by atoms with Crippen molar-refractivity contribution in [3.8, 4) is 0 Å². The third-order valence-electron chi connectivity index (χ3n) is 4.67. The lowest BCUT2D eigenvalue weighted by Crippen LogP contribution is -2.35. The van der Waals surface area contributed by atoms with Gasteiger partial charge < -0.3 is 10.4 Å². The monoisotopic (exact) mass is 341 g/mol. The van der Waals surface area contributed by atoms with Crippen molar-refractivity contribution < 1.29 is 14.7 Å². The molecule has 6 heteroatoms. The minimum absolute atomic E-state index is 0.222. The molecule has 2 aromatic rings. The molecule has 0 spiro atoms. The van der Waals surface area contributed by atoms with Gasteiger partial charge in [-0.1, -0.05) is 42.2 Å². The zero-order valence-corrected chi connectivity index (χ0v) is 14.5. The number of hydrogen-bond acceptors (Lipinski definition) is 3. The van der Waals surface area contributed by atoms with Crippen LogP contribution >= 0.6 is 0 Å². The normalized spacial score (nSPS) is 15.9. The largest absolute Gasteiger partial charge is 0.479 e. The summed E-state index contributed by atoms with van der Waals surface area (Å²) >= 11 is 0. The van der Waals surface area contributed by atoms with E-state index in [1.165, 1.54) is 0 Å². The molecular formula is C19H23N3O3. The number of benzene rings is 1. The van der Waals surface area contributed by atoms with Crippen LogP contribution in [-0.2, 0) is 4.79 Å². The van der Waals surface area contributed by atoms with Gasteiger partial charge in [-0.15, -0.1) is 0 Å². The molecule has 0 saturated heterocycles. The van der Waals surface area contributed by atoms with E-state index in [1.54, 1.807) is 29.1 Å². The Morgan fingerprint density at radius 1 is 1.20 bits per heavy atom. The number of carbonyl (C=O) groups is 2. The molecule has 1 saturated carbocycles. The summed E-state index contributed by atoms with van der Waals surface area (Å²) in [6.45, 7) is 3.82.